The molecule has 1 saturated heterocycles. The van der Waals surface area contributed by atoms with Crippen LogP contribution >= 0.6 is 0 Å². The van der Waals surface area contributed by atoms with Crippen LogP contribution in [0.4, 0.5) is 5.82 Å². The molecule has 3 rings (SSSR count). The molecule has 3 heterocycles. The Labute approximate surface area is 160 Å². The molecular weight excluding hydrogens is 344 g/mol. The fraction of sp³-hybridized carbons (Fsp3) is 0.650. The van der Waals surface area contributed by atoms with E-state index in [0.29, 0.717) is 34.8 Å². The first kappa shape index (κ1) is 19.6. The molecule has 0 bridgehead atoms. The first-order chi connectivity index (χ1) is 13.0. The van der Waals surface area contributed by atoms with Gasteiger partial charge in [0, 0.05) is 19.6 Å². The van der Waals surface area contributed by atoms with E-state index in [2.05, 4.69) is 34.0 Å². The summed E-state index contributed by atoms with van der Waals surface area (Å²) in [6, 6.07) is 0. The van der Waals surface area contributed by atoms with Gasteiger partial charge in [0.05, 0.1) is 12.0 Å². The van der Waals surface area contributed by atoms with E-state index in [1.807, 2.05) is 0 Å². The third-order valence-corrected chi connectivity index (χ3v) is 5.03. The van der Waals surface area contributed by atoms with Crippen LogP contribution in [0.3, 0.4) is 0 Å². The lowest BCUT2D eigenvalue weighted by molar-refractivity contribution is 0.0526. The minimum Gasteiger partial charge on any atom is -0.462 e. The average Bonchev–Trinajstić information content (AvgIpc) is 2.94. The number of nitrogens with zero attached hydrogens (tertiary/aromatic N) is 3. The van der Waals surface area contributed by atoms with E-state index >= 15 is 0 Å². The van der Waals surface area contributed by atoms with Crippen molar-refractivity contribution >= 4 is 22.9 Å². The summed E-state index contributed by atoms with van der Waals surface area (Å²) in [5, 5.41) is 3.96. The number of anilines is 1. The van der Waals surface area contributed by atoms with Crippen LogP contribution in [0.1, 0.15) is 49.7 Å². The molecular formula is C20H30N4O3. The highest BCUT2D eigenvalue weighted by molar-refractivity contribution is 6.07. The van der Waals surface area contributed by atoms with E-state index in [-0.39, 0.29) is 0 Å². The quantitative estimate of drug-likeness (QED) is 0.587. The maximum Gasteiger partial charge on any atom is 0.342 e. The number of carbonyl (C=O) groups is 1. The number of piperidine rings is 1. The second-order valence-corrected chi connectivity index (χ2v) is 7.64. The van der Waals surface area contributed by atoms with Crippen molar-refractivity contribution in [1.29, 1.82) is 0 Å². The van der Waals surface area contributed by atoms with Gasteiger partial charge in [0.25, 0.3) is 0 Å². The predicted molar refractivity (Wildman–Crippen MR) is 105 cm³/mol. The number of esters is 1. The van der Waals surface area contributed by atoms with Crippen LogP contribution in [0.5, 0.6) is 0 Å². The van der Waals surface area contributed by atoms with Crippen molar-refractivity contribution in [3.05, 3.63) is 17.7 Å². The molecule has 1 N–H and O–H groups in total. The lowest BCUT2D eigenvalue weighted by Crippen LogP contribution is -2.39. The molecule has 1 fully saturated rings. The van der Waals surface area contributed by atoms with Crippen LogP contribution in [0.2, 0.25) is 0 Å². The Bertz CT molecular complexity index is 779. The van der Waals surface area contributed by atoms with Gasteiger partial charge in [-0.3, -0.25) is 0 Å². The second-order valence-electron chi connectivity index (χ2n) is 7.64. The molecule has 0 aromatic carbocycles. The number of aryl methyl sites for hydroxylation is 1. The van der Waals surface area contributed by atoms with Gasteiger partial charge in [-0.25, -0.2) is 14.8 Å². The molecule has 7 nitrogen and oxygen atoms in total. The fourth-order valence-electron chi connectivity index (χ4n) is 4.11. The van der Waals surface area contributed by atoms with Gasteiger partial charge in [0.1, 0.15) is 23.5 Å². The van der Waals surface area contributed by atoms with E-state index < -0.39 is 5.97 Å². The topological polar surface area (TPSA) is 80.5 Å². The normalized spacial score (nSPS) is 20.7. The van der Waals surface area contributed by atoms with E-state index in [1.165, 1.54) is 25.8 Å². The second kappa shape index (κ2) is 8.69. The predicted octanol–water partition coefficient (Wildman–Crippen LogP) is 3.49. The zero-order valence-corrected chi connectivity index (χ0v) is 16.7. The minimum atomic E-state index is -0.400. The van der Waals surface area contributed by atoms with Gasteiger partial charge in [-0.05, 0) is 45.1 Å². The molecule has 2 aromatic rings. The molecule has 0 amide bonds. The highest BCUT2D eigenvalue weighted by Gasteiger charge is 2.24. The zero-order valence-electron chi connectivity index (χ0n) is 16.7. The fourth-order valence-corrected chi connectivity index (χ4v) is 4.11. The number of hydrogen-bond donors (Lipinski definition) is 1. The van der Waals surface area contributed by atoms with Crippen molar-refractivity contribution in [2.24, 2.45) is 11.8 Å². The Morgan fingerprint density at radius 2 is 2.07 bits per heavy atom. The third-order valence-electron chi connectivity index (χ3n) is 5.03. The molecule has 0 aliphatic carbocycles. The summed E-state index contributed by atoms with van der Waals surface area (Å²) in [4.78, 5) is 23.3. The highest BCUT2D eigenvalue weighted by atomic mass is 16.5. The third kappa shape index (κ3) is 4.58. The Kier molecular flexibility index (Phi) is 6.31. The van der Waals surface area contributed by atoms with Gasteiger partial charge < -0.3 is 19.4 Å². The number of aromatic nitrogens is 2. The Hall–Kier alpha value is -2.15. The number of furan rings is 1. The van der Waals surface area contributed by atoms with Crippen LogP contribution < -0.4 is 5.32 Å². The summed E-state index contributed by atoms with van der Waals surface area (Å²) >= 11 is 0. The minimum absolute atomic E-state index is 0.314. The maximum absolute atomic E-state index is 12.3. The Balaban J connectivity index is 1.65. The molecule has 0 spiro atoms. The summed E-state index contributed by atoms with van der Waals surface area (Å²) in [7, 11) is 0. The van der Waals surface area contributed by atoms with Crippen molar-refractivity contribution in [1.82, 2.24) is 14.9 Å². The molecule has 0 radical (unpaired) electrons. The van der Waals surface area contributed by atoms with E-state index in [0.717, 1.165) is 31.3 Å². The molecule has 0 unspecified atom stereocenters. The van der Waals surface area contributed by atoms with Crippen molar-refractivity contribution in [3.8, 4) is 0 Å². The number of likely N-dealkylation sites (tertiary alicyclic amines) is 1. The van der Waals surface area contributed by atoms with Gasteiger partial charge >= 0.3 is 5.97 Å². The maximum atomic E-state index is 12.3. The molecule has 148 valence electrons. The lowest BCUT2D eigenvalue weighted by atomic mass is 9.92. The van der Waals surface area contributed by atoms with Crippen LogP contribution in [-0.2, 0) is 4.74 Å². The smallest absolute Gasteiger partial charge is 0.342 e. The van der Waals surface area contributed by atoms with Crippen molar-refractivity contribution in [2.45, 2.75) is 40.5 Å². The number of fused-ring (bicyclic) bond motifs is 1. The van der Waals surface area contributed by atoms with Crippen LogP contribution in [-0.4, -0.2) is 53.6 Å². The Morgan fingerprint density at radius 1 is 1.33 bits per heavy atom. The molecule has 1 aliphatic heterocycles. The number of nitrogens with one attached hydrogen (secondary N) is 1. The molecule has 2 aromatic heterocycles. The summed E-state index contributed by atoms with van der Waals surface area (Å²) in [6.07, 6.45) is 3.79. The zero-order chi connectivity index (χ0) is 19.4. The van der Waals surface area contributed by atoms with Gasteiger partial charge in [-0.1, -0.05) is 13.8 Å². The SMILES string of the molecule is CCOC(=O)c1c(C)oc2ncnc(NCCCN3C[C@H](C)C[C@@H](C)C3)c12. The summed E-state index contributed by atoms with van der Waals surface area (Å²) in [5.41, 5.74) is 0.820. The van der Waals surface area contributed by atoms with E-state index in [1.54, 1.807) is 13.8 Å². The van der Waals surface area contributed by atoms with Crippen molar-refractivity contribution in [2.75, 3.05) is 38.1 Å². The summed E-state index contributed by atoms with van der Waals surface area (Å²) in [5.74, 6) is 2.26. The van der Waals surface area contributed by atoms with Crippen LogP contribution in [0, 0.1) is 18.8 Å². The number of carbonyl (C=O) groups excluding carboxylic acids is 1. The number of rotatable bonds is 7. The lowest BCUT2D eigenvalue weighted by Gasteiger charge is -2.34. The summed E-state index contributed by atoms with van der Waals surface area (Å²) in [6.45, 7) is 12.7. The standard InChI is InChI=1S/C20H30N4O3/c1-5-26-20(25)16-15(4)27-19-17(16)18(22-12-23-19)21-7-6-8-24-10-13(2)9-14(3)11-24/h12-14H,5-11H2,1-4H3,(H,21,22,23)/t13-,14-/m1/s1. The Morgan fingerprint density at radius 3 is 2.78 bits per heavy atom. The molecule has 1 aliphatic rings. The first-order valence-corrected chi connectivity index (χ1v) is 9.87. The van der Waals surface area contributed by atoms with Gasteiger partial charge in [-0.2, -0.15) is 0 Å². The van der Waals surface area contributed by atoms with Gasteiger partial charge in [0.2, 0.25) is 5.71 Å². The summed E-state index contributed by atoms with van der Waals surface area (Å²) < 4.78 is 10.8. The van der Waals surface area contributed by atoms with Crippen molar-refractivity contribution in [3.63, 3.8) is 0 Å². The molecule has 2 atom stereocenters. The largest absolute Gasteiger partial charge is 0.462 e. The number of hydrogen-bond acceptors (Lipinski definition) is 7. The molecule has 7 heteroatoms. The molecule has 27 heavy (non-hydrogen) atoms. The average molecular weight is 374 g/mol. The van der Waals surface area contributed by atoms with Gasteiger partial charge in [-0.15, -0.1) is 0 Å². The van der Waals surface area contributed by atoms with E-state index in [9.17, 15) is 4.79 Å². The number of ether oxygens (including phenoxy) is 1. The molecule has 0 saturated carbocycles. The highest BCUT2D eigenvalue weighted by Crippen LogP contribution is 2.29. The van der Waals surface area contributed by atoms with Crippen LogP contribution in [0.25, 0.3) is 11.1 Å². The monoisotopic (exact) mass is 374 g/mol. The first-order valence-electron chi connectivity index (χ1n) is 9.87. The van der Waals surface area contributed by atoms with Gasteiger partial charge in [0.15, 0.2) is 0 Å². The van der Waals surface area contributed by atoms with Crippen molar-refractivity contribution < 1.29 is 13.9 Å². The van der Waals surface area contributed by atoms with E-state index in [4.69, 9.17) is 9.15 Å². The van der Waals surface area contributed by atoms with Crippen LogP contribution in [0.15, 0.2) is 10.7 Å².